The first-order valence-electron chi connectivity index (χ1n) is 15.0. The van der Waals surface area contributed by atoms with E-state index in [2.05, 4.69) is 84.4 Å². The number of carbonyl (C=O) groups is 1. The minimum absolute atomic E-state index is 0.0102. The minimum atomic E-state index is -0.391. The van der Waals surface area contributed by atoms with Gasteiger partial charge in [0.1, 0.15) is 6.10 Å². The van der Waals surface area contributed by atoms with Crippen LogP contribution in [0.2, 0.25) is 0 Å². The number of fused-ring (bicyclic) bond motifs is 9. The molecule has 0 saturated carbocycles. The Morgan fingerprint density at radius 2 is 1.80 bits per heavy atom. The molecule has 9 unspecified atom stereocenters. The van der Waals surface area contributed by atoms with Gasteiger partial charge in [-0.2, -0.15) is 0 Å². The number of esters is 1. The first-order valence-corrected chi connectivity index (χ1v) is 16.2. The van der Waals surface area contributed by atoms with Crippen LogP contribution in [-0.2, 0) is 28.5 Å². The fraction of sp³-hybridized carbons (Fsp3) is 0.559. The SMILES string of the molecule is C=C1CC2C/C=C\C(=O)OC3C(C)C(C/C=C/c4cccc(c4)C4OCCC(CC(C1)O2)O4)OC(/C(C)=C/I)C3C. The van der Waals surface area contributed by atoms with Crippen LogP contribution in [0.25, 0.3) is 6.08 Å². The molecule has 41 heavy (non-hydrogen) atoms. The molecule has 8 bridgehead atoms. The molecule has 3 saturated heterocycles. The van der Waals surface area contributed by atoms with Crippen molar-refractivity contribution in [3.63, 3.8) is 0 Å². The van der Waals surface area contributed by atoms with Gasteiger partial charge in [0.05, 0.1) is 37.1 Å². The van der Waals surface area contributed by atoms with E-state index in [9.17, 15) is 4.79 Å². The second kappa shape index (κ2) is 14.1. The van der Waals surface area contributed by atoms with Crippen molar-refractivity contribution in [1.82, 2.24) is 0 Å². The molecule has 0 amide bonds. The highest BCUT2D eigenvalue weighted by Crippen LogP contribution is 2.38. The predicted molar refractivity (Wildman–Crippen MR) is 168 cm³/mol. The van der Waals surface area contributed by atoms with Gasteiger partial charge in [0.15, 0.2) is 6.29 Å². The zero-order valence-electron chi connectivity index (χ0n) is 24.4. The molecule has 3 fully saturated rings. The lowest BCUT2D eigenvalue weighted by atomic mass is 9.79. The van der Waals surface area contributed by atoms with Crippen molar-refractivity contribution < 1.29 is 28.5 Å². The molecule has 7 heteroatoms. The molecule has 1 aromatic rings. The fourth-order valence-corrected chi connectivity index (χ4v) is 6.96. The molecule has 222 valence electrons. The summed E-state index contributed by atoms with van der Waals surface area (Å²) < 4.78 is 33.7. The Kier molecular flexibility index (Phi) is 10.6. The summed E-state index contributed by atoms with van der Waals surface area (Å²) in [6.07, 6.45) is 11.6. The average Bonchev–Trinajstić information content (AvgIpc) is 2.95. The quantitative estimate of drug-likeness (QED) is 0.174. The predicted octanol–water partition coefficient (Wildman–Crippen LogP) is 7.64. The average molecular weight is 675 g/mol. The monoisotopic (exact) mass is 674 g/mol. The van der Waals surface area contributed by atoms with E-state index in [4.69, 9.17) is 23.7 Å². The Labute approximate surface area is 258 Å². The third kappa shape index (κ3) is 7.79. The van der Waals surface area contributed by atoms with Gasteiger partial charge in [0.25, 0.3) is 0 Å². The van der Waals surface area contributed by atoms with Gasteiger partial charge < -0.3 is 23.7 Å². The van der Waals surface area contributed by atoms with Crippen LogP contribution in [0, 0.1) is 11.8 Å². The van der Waals surface area contributed by atoms with Crippen molar-refractivity contribution in [2.24, 2.45) is 11.8 Å². The van der Waals surface area contributed by atoms with E-state index in [1.807, 2.05) is 12.1 Å². The molecule has 0 radical (unpaired) electrons. The maximum atomic E-state index is 13.0. The van der Waals surface area contributed by atoms with Crippen LogP contribution in [0.5, 0.6) is 0 Å². The van der Waals surface area contributed by atoms with E-state index >= 15 is 0 Å². The normalized spacial score (nSPS) is 38.7. The summed E-state index contributed by atoms with van der Waals surface area (Å²) in [5.74, 6) is -0.232. The third-order valence-electron chi connectivity index (χ3n) is 8.78. The summed E-state index contributed by atoms with van der Waals surface area (Å²) in [5, 5.41) is 0. The lowest BCUT2D eigenvalue weighted by Gasteiger charge is -2.44. The summed E-state index contributed by atoms with van der Waals surface area (Å²) in [6.45, 7) is 11.3. The highest BCUT2D eigenvalue weighted by molar-refractivity contribution is 14.1. The van der Waals surface area contributed by atoms with Crippen LogP contribution in [0.1, 0.15) is 76.7 Å². The molecule has 6 nitrogen and oxygen atoms in total. The summed E-state index contributed by atoms with van der Waals surface area (Å²) in [7, 11) is 0. The molecule has 9 atom stereocenters. The Hall–Kier alpha value is -1.78. The minimum Gasteiger partial charge on any atom is -0.458 e. The van der Waals surface area contributed by atoms with Crippen molar-refractivity contribution in [1.29, 1.82) is 0 Å². The molecule has 0 N–H and O–H groups in total. The molecule has 0 spiro atoms. The molecule has 4 aliphatic rings. The van der Waals surface area contributed by atoms with Crippen molar-refractivity contribution in [2.75, 3.05) is 6.61 Å². The highest BCUT2D eigenvalue weighted by Gasteiger charge is 2.43. The lowest BCUT2D eigenvalue weighted by molar-refractivity contribution is -0.225. The number of halogens is 1. The largest absolute Gasteiger partial charge is 0.458 e. The lowest BCUT2D eigenvalue weighted by Crippen LogP contribution is -2.50. The van der Waals surface area contributed by atoms with Crippen LogP contribution in [-0.4, -0.2) is 49.2 Å². The van der Waals surface area contributed by atoms with E-state index in [1.54, 1.807) is 6.08 Å². The summed E-state index contributed by atoms with van der Waals surface area (Å²) in [5.41, 5.74) is 4.43. The van der Waals surface area contributed by atoms with Crippen molar-refractivity contribution in [3.8, 4) is 0 Å². The third-order valence-corrected chi connectivity index (χ3v) is 9.76. The number of carbonyl (C=O) groups excluding carboxylic acids is 1. The number of hydrogen-bond acceptors (Lipinski definition) is 6. The fourth-order valence-electron chi connectivity index (χ4n) is 6.61. The van der Waals surface area contributed by atoms with E-state index in [0.717, 1.165) is 48.8 Å². The van der Waals surface area contributed by atoms with Gasteiger partial charge >= 0.3 is 5.97 Å². The highest BCUT2D eigenvalue weighted by atomic mass is 127. The van der Waals surface area contributed by atoms with Gasteiger partial charge in [-0.3, -0.25) is 0 Å². The topological polar surface area (TPSA) is 63.2 Å². The molecule has 1 aromatic carbocycles. The Balaban J connectivity index is 1.42. The Bertz CT molecular complexity index is 1170. The maximum absolute atomic E-state index is 13.0. The first-order chi connectivity index (χ1) is 19.8. The van der Waals surface area contributed by atoms with Gasteiger partial charge in [0, 0.05) is 29.9 Å². The first kappa shape index (κ1) is 30.7. The van der Waals surface area contributed by atoms with Crippen LogP contribution in [0.3, 0.4) is 0 Å². The van der Waals surface area contributed by atoms with Gasteiger partial charge in [-0.25, -0.2) is 4.79 Å². The maximum Gasteiger partial charge on any atom is 0.330 e. The second-order valence-electron chi connectivity index (χ2n) is 12.0. The van der Waals surface area contributed by atoms with E-state index in [0.29, 0.717) is 13.0 Å². The van der Waals surface area contributed by atoms with Gasteiger partial charge in [-0.05, 0) is 60.3 Å². The Morgan fingerprint density at radius 3 is 2.63 bits per heavy atom. The molecule has 0 aromatic heterocycles. The number of ether oxygens (including phenoxy) is 5. The molecule has 5 rings (SSSR count). The van der Waals surface area contributed by atoms with Gasteiger partial charge in [0.2, 0.25) is 0 Å². The van der Waals surface area contributed by atoms with E-state index in [-0.39, 0.29) is 54.4 Å². The molecular formula is C34H43IO6. The zero-order valence-corrected chi connectivity index (χ0v) is 26.5. The van der Waals surface area contributed by atoms with E-state index < -0.39 is 6.29 Å². The standard InChI is InChI=1S/C34H43IO6/c1-21-16-27-11-7-13-31(36)41-33-23(3)30(40-32(24(33)4)22(2)20-35)12-6-9-25-8-5-10-26(18-25)34-37-15-14-28(39-34)19-29(17-21)38-27/h5-10,13,18,20,23-24,27-30,32-34H,1,11-12,14-17,19H2,2-4H3/b9-6+,13-7-,22-20+. The smallest absolute Gasteiger partial charge is 0.330 e. The number of benzene rings is 1. The van der Waals surface area contributed by atoms with Crippen LogP contribution in [0.15, 0.2) is 64.3 Å². The van der Waals surface area contributed by atoms with Gasteiger partial charge in [-0.15, -0.1) is 0 Å². The Morgan fingerprint density at radius 1 is 1.00 bits per heavy atom. The molecular weight excluding hydrogens is 631 g/mol. The summed E-state index contributed by atoms with van der Waals surface area (Å²) in [4.78, 5) is 13.0. The van der Waals surface area contributed by atoms with Crippen LogP contribution >= 0.6 is 22.6 Å². The van der Waals surface area contributed by atoms with Crippen molar-refractivity contribution >= 4 is 34.6 Å². The second-order valence-corrected chi connectivity index (χ2v) is 12.7. The number of rotatable bonds is 1. The van der Waals surface area contributed by atoms with Crippen LogP contribution < -0.4 is 0 Å². The molecule has 4 aliphatic heterocycles. The van der Waals surface area contributed by atoms with Gasteiger partial charge in [-0.1, -0.05) is 85.0 Å². The van der Waals surface area contributed by atoms with Crippen molar-refractivity contribution in [2.45, 2.75) is 102 Å². The van der Waals surface area contributed by atoms with E-state index in [1.165, 1.54) is 5.57 Å². The molecule has 0 aliphatic carbocycles. The number of hydrogen-bond donors (Lipinski definition) is 0. The zero-order chi connectivity index (χ0) is 28.9. The van der Waals surface area contributed by atoms with Crippen LogP contribution in [0.4, 0.5) is 0 Å². The summed E-state index contributed by atoms with van der Waals surface area (Å²) in [6, 6.07) is 8.34. The van der Waals surface area contributed by atoms with Crippen molar-refractivity contribution in [3.05, 3.63) is 75.4 Å². The molecule has 4 heterocycles. The summed E-state index contributed by atoms with van der Waals surface area (Å²) >= 11 is 2.26.